The topological polar surface area (TPSA) is 107 Å². The zero-order valence-electron chi connectivity index (χ0n) is 20.6. The number of carbonyl (C=O) groups is 2. The van der Waals surface area contributed by atoms with E-state index in [1.165, 1.54) is 11.8 Å². The number of carbonyl (C=O) groups excluding carboxylic acids is 2. The monoisotopic (exact) mass is 497 g/mol. The molecule has 0 fully saturated rings. The second-order valence-electron chi connectivity index (χ2n) is 8.08. The molecule has 1 heterocycles. The first-order valence-electron chi connectivity index (χ1n) is 11.3. The molecule has 10 heteroatoms. The highest BCUT2D eigenvalue weighted by atomic mass is 32.2. The number of ether oxygens (including phenoxy) is 2. The quantitative estimate of drug-likeness (QED) is 0.383. The van der Waals surface area contributed by atoms with Crippen LogP contribution >= 0.6 is 11.8 Å². The molecule has 0 radical (unpaired) electrons. The summed E-state index contributed by atoms with van der Waals surface area (Å²) in [6, 6.07) is 13.8. The van der Waals surface area contributed by atoms with Crippen LogP contribution in [-0.2, 0) is 11.3 Å². The van der Waals surface area contributed by atoms with Crippen LogP contribution in [0, 0.1) is 5.92 Å². The van der Waals surface area contributed by atoms with Gasteiger partial charge in [-0.3, -0.25) is 9.59 Å². The average Bonchev–Trinajstić information content (AvgIpc) is 3.28. The number of rotatable bonds is 11. The van der Waals surface area contributed by atoms with Crippen LogP contribution in [0.15, 0.2) is 53.7 Å². The number of aromatic nitrogens is 3. The van der Waals surface area contributed by atoms with Gasteiger partial charge in [-0.2, -0.15) is 0 Å². The lowest BCUT2D eigenvalue weighted by atomic mass is 10.0. The predicted molar refractivity (Wildman–Crippen MR) is 136 cm³/mol. The minimum Gasteiger partial charge on any atom is -0.497 e. The number of nitrogens with one attached hydrogen (secondary N) is 2. The van der Waals surface area contributed by atoms with Gasteiger partial charge in [-0.1, -0.05) is 31.7 Å². The van der Waals surface area contributed by atoms with E-state index in [1.54, 1.807) is 50.6 Å². The third-order valence-electron chi connectivity index (χ3n) is 5.33. The van der Waals surface area contributed by atoms with Crippen LogP contribution in [-0.4, -0.2) is 46.6 Å². The Hall–Kier alpha value is -3.53. The van der Waals surface area contributed by atoms with Crippen molar-refractivity contribution in [2.24, 2.45) is 5.92 Å². The van der Waals surface area contributed by atoms with Gasteiger partial charge in [-0.05, 0) is 49.2 Å². The van der Waals surface area contributed by atoms with E-state index in [4.69, 9.17) is 9.47 Å². The minimum atomic E-state index is -0.350. The maximum absolute atomic E-state index is 12.9. The minimum absolute atomic E-state index is 0.0703. The Morgan fingerprint density at radius 3 is 2.37 bits per heavy atom. The van der Waals surface area contributed by atoms with Crippen molar-refractivity contribution >= 4 is 29.3 Å². The lowest BCUT2D eigenvalue weighted by molar-refractivity contribution is -0.113. The lowest BCUT2D eigenvalue weighted by Crippen LogP contribution is -2.33. The zero-order chi connectivity index (χ0) is 25.4. The van der Waals surface area contributed by atoms with E-state index in [2.05, 4.69) is 20.8 Å². The van der Waals surface area contributed by atoms with Gasteiger partial charge >= 0.3 is 0 Å². The zero-order valence-corrected chi connectivity index (χ0v) is 21.4. The molecule has 0 aliphatic carbocycles. The summed E-state index contributed by atoms with van der Waals surface area (Å²) in [5, 5.41) is 15.2. The fraction of sp³-hybridized carbons (Fsp3) is 0.360. The molecule has 1 atom stereocenters. The molecule has 35 heavy (non-hydrogen) atoms. The molecule has 186 valence electrons. The van der Waals surface area contributed by atoms with Crippen molar-refractivity contribution < 1.29 is 19.1 Å². The van der Waals surface area contributed by atoms with Gasteiger partial charge in [-0.25, -0.2) is 0 Å². The molecule has 9 nitrogen and oxygen atoms in total. The highest BCUT2D eigenvalue weighted by molar-refractivity contribution is 7.99. The van der Waals surface area contributed by atoms with E-state index in [0.29, 0.717) is 40.3 Å². The van der Waals surface area contributed by atoms with Crippen molar-refractivity contribution in [1.82, 2.24) is 20.1 Å². The molecular formula is C25H31N5O4S. The molecule has 2 aromatic carbocycles. The van der Waals surface area contributed by atoms with Crippen molar-refractivity contribution in [2.45, 2.75) is 38.5 Å². The second-order valence-corrected chi connectivity index (χ2v) is 9.02. The Balaban J connectivity index is 1.69. The first-order valence-corrected chi connectivity index (χ1v) is 12.3. The maximum atomic E-state index is 12.9. The van der Waals surface area contributed by atoms with E-state index >= 15 is 0 Å². The Labute approximate surface area is 209 Å². The van der Waals surface area contributed by atoms with Crippen LogP contribution in [0.3, 0.4) is 0 Å². The van der Waals surface area contributed by atoms with E-state index in [0.717, 1.165) is 0 Å². The van der Waals surface area contributed by atoms with Crippen LogP contribution in [0.2, 0.25) is 0 Å². The van der Waals surface area contributed by atoms with Crippen molar-refractivity contribution in [3.8, 4) is 11.5 Å². The molecule has 0 unspecified atom stereocenters. The predicted octanol–water partition coefficient (Wildman–Crippen LogP) is 4.17. The normalized spacial score (nSPS) is 11.7. The molecule has 3 rings (SSSR count). The van der Waals surface area contributed by atoms with Crippen LogP contribution in [0.5, 0.6) is 11.5 Å². The van der Waals surface area contributed by atoms with Gasteiger partial charge in [0.05, 0.1) is 26.0 Å². The van der Waals surface area contributed by atoms with Crippen molar-refractivity contribution in [1.29, 1.82) is 0 Å². The summed E-state index contributed by atoms with van der Waals surface area (Å²) in [5.41, 5.74) is 1.19. The Kier molecular flexibility index (Phi) is 9.13. The van der Waals surface area contributed by atoms with Crippen LogP contribution in [0.4, 0.5) is 5.69 Å². The molecule has 2 N–H and O–H groups in total. The third kappa shape index (κ3) is 6.75. The fourth-order valence-corrected chi connectivity index (χ4v) is 4.27. The first-order chi connectivity index (χ1) is 16.9. The largest absolute Gasteiger partial charge is 0.497 e. The molecule has 0 bridgehead atoms. The van der Waals surface area contributed by atoms with Gasteiger partial charge in [0.1, 0.15) is 11.5 Å². The molecule has 0 aliphatic heterocycles. The summed E-state index contributed by atoms with van der Waals surface area (Å²) in [5.74, 6) is 1.88. The van der Waals surface area contributed by atoms with Gasteiger partial charge < -0.3 is 24.7 Å². The summed E-state index contributed by atoms with van der Waals surface area (Å²) in [7, 11) is 3.16. The van der Waals surface area contributed by atoms with Gasteiger partial charge in [-0.15, -0.1) is 10.2 Å². The Bertz CT molecular complexity index is 1150. The summed E-state index contributed by atoms with van der Waals surface area (Å²) in [6.07, 6.45) is 0. The second kappa shape index (κ2) is 12.3. The number of amides is 2. The summed E-state index contributed by atoms with van der Waals surface area (Å²) >= 11 is 1.30. The van der Waals surface area contributed by atoms with Crippen molar-refractivity contribution in [3.05, 3.63) is 59.9 Å². The molecule has 0 aliphatic rings. The van der Waals surface area contributed by atoms with E-state index in [9.17, 15) is 9.59 Å². The van der Waals surface area contributed by atoms with Crippen LogP contribution in [0.25, 0.3) is 0 Å². The van der Waals surface area contributed by atoms with E-state index < -0.39 is 0 Å². The molecule has 0 spiro atoms. The van der Waals surface area contributed by atoms with Crippen LogP contribution in [0.1, 0.15) is 43.0 Å². The number of methoxy groups -OCH3 is 2. The smallest absolute Gasteiger partial charge is 0.251 e. The standard InChI is InChI=1S/C25H31N5O4S/c1-6-30-23(22(16(2)3)27-24(32)17-10-12-19(33-4)13-11-17)28-29-25(30)35-15-21(31)26-18-8-7-9-20(14-18)34-5/h7-14,16,22H,6,15H2,1-5H3,(H,26,31)(H,27,32)/t22-/m0/s1. The fourth-order valence-electron chi connectivity index (χ4n) is 3.46. The summed E-state index contributed by atoms with van der Waals surface area (Å²) < 4.78 is 12.3. The summed E-state index contributed by atoms with van der Waals surface area (Å²) in [4.78, 5) is 25.4. The molecule has 2 amide bonds. The summed E-state index contributed by atoms with van der Waals surface area (Å²) in [6.45, 7) is 6.61. The molecule has 0 saturated heterocycles. The number of nitrogens with zero attached hydrogens (tertiary/aromatic N) is 3. The average molecular weight is 498 g/mol. The first kappa shape index (κ1) is 26.1. The molecule has 0 saturated carbocycles. The molecule has 1 aromatic heterocycles. The van der Waals surface area contributed by atoms with Crippen molar-refractivity contribution in [2.75, 3.05) is 25.3 Å². The van der Waals surface area contributed by atoms with E-state index in [-0.39, 0.29) is 29.5 Å². The SMILES string of the molecule is CCn1c(SCC(=O)Nc2cccc(OC)c2)nnc1[C@@H](NC(=O)c1ccc(OC)cc1)C(C)C. The molecule has 3 aromatic rings. The van der Waals surface area contributed by atoms with E-state index in [1.807, 2.05) is 37.5 Å². The highest BCUT2D eigenvalue weighted by Crippen LogP contribution is 2.26. The van der Waals surface area contributed by atoms with Gasteiger partial charge in [0.2, 0.25) is 5.91 Å². The Morgan fingerprint density at radius 1 is 1.03 bits per heavy atom. The third-order valence-corrected chi connectivity index (χ3v) is 6.30. The van der Waals surface area contributed by atoms with Gasteiger partial charge in [0.25, 0.3) is 5.91 Å². The van der Waals surface area contributed by atoms with Crippen LogP contribution < -0.4 is 20.1 Å². The molecular weight excluding hydrogens is 466 g/mol. The number of hydrogen-bond acceptors (Lipinski definition) is 7. The van der Waals surface area contributed by atoms with Gasteiger partial charge in [0.15, 0.2) is 11.0 Å². The van der Waals surface area contributed by atoms with Crippen molar-refractivity contribution in [3.63, 3.8) is 0 Å². The maximum Gasteiger partial charge on any atom is 0.251 e. The highest BCUT2D eigenvalue weighted by Gasteiger charge is 2.26. The number of thioether (sulfide) groups is 1. The Morgan fingerprint density at radius 2 is 1.74 bits per heavy atom. The lowest BCUT2D eigenvalue weighted by Gasteiger charge is -2.22. The number of benzene rings is 2. The number of anilines is 1. The number of hydrogen-bond donors (Lipinski definition) is 2. The van der Waals surface area contributed by atoms with Gasteiger partial charge in [0, 0.05) is 23.9 Å².